The number of ether oxygens (including phenoxy) is 1. The second-order valence-electron chi connectivity index (χ2n) is 9.68. The van der Waals surface area contributed by atoms with E-state index in [1.54, 1.807) is 13.1 Å². The molecule has 5 aromatic rings. The number of carbonyl (C=O) groups excluding carboxylic acids is 2. The normalized spacial score (nSPS) is 10.9. The minimum atomic E-state index is -0.122. The van der Waals surface area contributed by atoms with Crippen LogP contribution in [0.25, 0.3) is 10.8 Å². The first-order valence-corrected chi connectivity index (χ1v) is 13.0. The van der Waals surface area contributed by atoms with E-state index in [-0.39, 0.29) is 18.1 Å². The first kappa shape index (κ1) is 25.9. The summed E-state index contributed by atoms with van der Waals surface area (Å²) in [5.41, 5.74) is 5.97. The van der Waals surface area contributed by atoms with E-state index in [1.165, 1.54) is 5.39 Å². The summed E-state index contributed by atoms with van der Waals surface area (Å²) in [6.07, 6.45) is 0.281. The molecule has 0 radical (unpaired) electrons. The Morgan fingerprint density at radius 3 is 2.36 bits per heavy atom. The van der Waals surface area contributed by atoms with Gasteiger partial charge in [0.2, 0.25) is 0 Å². The van der Waals surface area contributed by atoms with Crippen LogP contribution in [0.4, 0.5) is 0 Å². The number of aryl methyl sites for hydroxylation is 1. The number of ketones is 1. The number of rotatable bonds is 9. The standard InChI is InChI=1S/C33H31N3O3/c1-22-31(23(2)36(35-22)20-25-7-6-10-29(17-25)33(38)34-3)19-32(37)27-13-11-24(12-14-27)21-39-30-16-15-26-8-4-5-9-28(26)18-30/h4-18H,19-21H2,1-3H3,(H,34,38). The molecule has 39 heavy (non-hydrogen) atoms. The lowest BCUT2D eigenvalue weighted by Gasteiger charge is -2.09. The molecule has 0 saturated carbocycles. The zero-order chi connectivity index (χ0) is 27.4. The van der Waals surface area contributed by atoms with Gasteiger partial charge in [0.25, 0.3) is 5.91 Å². The first-order chi connectivity index (χ1) is 18.9. The second kappa shape index (κ2) is 11.4. The van der Waals surface area contributed by atoms with E-state index in [2.05, 4.69) is 28.6 Å². The van der Waals surface area contributed by atoms with Crippen molar-refractivity contribution in [3.05, 3.63) is 130 Å². The van der Waals surface area contributed by atoms with Crippen LogP contribution in [-0.2, 0) is 19.6 Å². The van der Waals surface area contributed by atoms with E-state index in [4.69, 9.17) is 4.74 Å². The van der Waals surface area contributed by atoms with Gasteiger partial charge in [0.15, 0.2) is 5.78 Å². The fraction of sp³-hybridized carbons (Fsp3) is 0.182. The minimum absolute atomic E-state index is 0.0457. The van der Waals surface area contributed by atoms with Crippen molar-refractivity contribution >= 4 is 22.5 Å². The smallest absolute Gasteiger partial charge is 0.251 e. The molecule has 0 atom stereocenters. The molecule has 6 nitrogen and oxygen atoms in total. The molecule has 4 aromatic carbocycles. The van der Waals surface area contributed by atoms with Gasteiger partial charge in [-0.3, -0.25) is 14.3 Å². The highest BCUT2D eigenvalue weighted by molar-refractivity contribution is 5.97. The third-order valence-electron chi connectivity index (χ3n) is 7.02. The Bertz CT molecular complexity index is 1650. The van der Waals surface area contributed by atoms with Crippen molar-refractivity contribution in [1.82, 2.24) is 15.1 Å². The van der Waals surface area contributed by atoms with E-state index in [9.17, 15) is 9.59 Å². The number of amides is 1. The van der Waals surface area contributed by atoms with E-state index < -0.39 is 0 Å². The van der Waals surface area contributed by atoms with Gasteiger partial charge < -0.3 is 10.1 Å². The second-order valence-corrected chi connectivity index (χ2v) is 9.68. The monoisotopic (exact) mass is 517 g/mol. The number of Topliss-reactive ketones (excluding diaryl/α,β-unsaturated/α-hetero) is 1. The van der Waals surface area contributed by atoms with Gasteiger partial charge in [-0.05, 0) is 60.0 Å². The molecule has 196 valence electrons. The summed E-state index contributed by atoms with van der Waals surface area (Å²) in [7, 11) is 1.62. The van der Waals surface area contributed by atoms with E-state index >= 15 is 0 Å². The Kier molecular flexibility index (Phi) is 7.55. The summed E-state index contributed by atoms with van der Waals surface area (Å²) in [4.78, 5) is 25.1. The summed E-state index contributed by atoms with van der Waals surface area (Å²) < 4.78 is 7.88. The predicted octanol–water partition coefficient (Wildman–Crippen LogP) is 6.07. The maximum Gasteiger partial charge on any atom is 0.251 e. The van der Waals surface area contributed by atoms with E-state index in [0.29, 0.717) is 24.3 Å². The van der Waals surface area contributed by atoms with Crippen molar-refractivity contribution in [2.45, 2.75) is 33.4 Å². The van der Waals surface area contributed by atoms with Gasteiger partial charge in [-0.25, -0.2) is 0 Å². The number of benzene rings is 4. The number of aromatic nitrogens is 2. The zero-order valence-corrected chi connectivity index (χ0v) is 22.4. The lowest BCUT2D eigenvalue weighted by Crippen LogP contribution is -2.18. The lowest BCUT2D eigenvalue weighted by molar-refractivity contribution is 0.0961. The highest BCUT2D eigenvalue weighted by Crippen LogP contribution is 2.22. The van der Waals surface area contributed by atoms with Gasteiger partial charge in [-0.2, -0.15) is 5.10 Å². The Morgan fingerprint density at radius 2 is 1.59 bits per heavy atom. The number of hydrogen-bond acceptors (Lipinski definition) is 4. The molecule has 0 saturated heterocycles. The highest BCUT2D eigenvalue weighted by atomic mass is 16.5. The van der Waals surface area contributed by atoms with Crippen LogP contribution in [0.2, 0.25) is 0 Å². The summed E-state index contributed by atoms with van der Waals surface area (Å²) in [6.45, 7) is 4.87. The molecule has 1 heterocycles. The van der Waals surface area contributed by atoms with E-state index in [0.717, 1.165) is 39.2 Å². The molecule has 0 aliphatic heterocycles. The summed E-state index contributed by atoms with van der Waals surface area (Å²) >= 11 is 0. The van der Waals surface area contributed by atoms with Crippen LogP contribution >= 0.6 is 0 Å². The Hall–Kier alpha value is -4.71. The maximum atomic E-state index is 13.1. The highest BCUT2D eigenvalue weighted by Gasteiger charge is 2.17. The van der Waals surface area contributed by atoms with Crippen LogP contribution in [0.15, 0.2) is 91.0 Å². The SMILES string of the molecule is CNC(=O)c1cccc(Cn2nc(C)c(CC(=O)c3ccc(COc4ccc5ccccc5c4)cc3)c2C)c1. The van der Waals surface area contributed by atoms with Crippen molar-refractivity contribution in [3.8, 4) is 5.75 Å². The molecule has 6 heteroatoms. The molecule has 1 aromatic heterocycles. The Balaban J connectivity index is 1.23. The van der Waals surface area contributed by atoms with Crippen LogP contribution in [0, 0.1) is 13.8 Å². The molecule has 0 bridgehead atoms. The summed E-state index contributed by atoms with van der Waals surface area (Å²) in [5.74, 6) is 0.740. The van der Waals surface area contributed by atoms with Crippen molar-refractivity contribution in [2.24, 2.45) is 0 Å². The quantitative estimate of drug-likeness (QED) is 0.241. The molecular weight excluding hydrogens is 486 g/mol. The summed E-state index contributed by atoms with van der Waals surface area (Å²) in [6, 6.07) is 29.4. The largest absolute Gasteiger partial charge is 0.489 e. The third-order valence-corrected chi connectivity index (χ3v) is 7.02. The van der Waals surface area contributed by atoms with Gasteiger partial charge in [-0.1, -0.05) is 66.7 Å². The maximum absolute atomic E-state index is 13.1. The number of carbonyl (C=O) groups is 2. The number of hydrogen-bond donors (Lipinski definition) is 1. The fourth-order valence-electron chi connectivity index (χ4n) is 4.75. The van der Waals surface area contributed by atoms with Crippen LogP contribution in [0.1, 0.15) is 48.8 Å². The molecule has 1 N–H and O–H groups in total. The molecule has 0 fully saturated rings. The summed E-state index contributed by atoms with van der Waals surface area (Å²) in [5, 5.41) is 9.65. The molecule has 0 aliphatic rings. The number of nitrogens with zero attached hydrogens (tertiary/aromatic N) is 2. The topological polar surface area (TPSA) is 73.2 Å². The van der Waals surface area contributed by atoms with Gasteiger partial charge >= 0.3 is 0 Å². The van der Waals surface area contributed by atoms with Gasteiger partial charge in [0, 0.05) is 35.9 Å². The average molecular weight is 518 g/mol. The molecule has 1 amide bonds. The number of nitrogens with one attached hydrogen (secondary N) is 1. The number of fused-ring (bicyclic) bond motifs is 1. The molecule has 0 aliphatic carbocycles. The van der Waals surface area contributed by atoms with Gasteiger partial charge in [-0.15, -0.1) is 0 Å². The van der Waals surface area contributed by atoms with Crippen molar-refractivity contribution in [2.75, 3.05) is 7.05 Å². The van der Waals surface area contributed by atoms with E-state index in [1.807, 2.05) is 85.3 Å². The van der Waals surface area contributed by atoms with Gasteiger partial charge in [0.05, 0.1) is 12.2 Å². The lowest BCUT2D eigenvalue weighted by atomic mass is 10.0. The Morgan fingerprint density at radius 1 is 0.821 bits per heavy atom. The van der Waals surface area contributed by atoms with Gasteiger partial charge in [0.1, 0.15) is 12.4 Å². The molecule has 0 spiro atoms. The van der Waals surface area contributed by atoms with Crippen molar-refractivity contribution < 1.29 is 14.3 Å². The van der Waals surface area contributed by atoms with Crippen LogP contribution in [0.3, 0.4) is 0 Å². The first-order valence-electron chi connectivity index (χ1n) is 13.0. The Labute approximate surface area is 228 Å². The molecule has 5 rings (SSSR count). The van der Waals surface area contributed by atoms with Crippen LogP contribution in [0.5, 0.6) is 5.75 Å². The fourth-order valence-corrected chi connectivity index (χ4v) is 4.75. The predicted molar refractivity (Wildman–Crippen MR) is 153 cm³/mol. The van der Waals surface area contributed by atoms with Crippen molar-refractivity contribution in [3.63, 3.8) is 0 Å². The minimum Gasteiger partial charge on any atom is -0.489 e. The van der Waals surface area contributed by atoms with Crippen molar-refractivity contribution in [1.29, 1.82) is 0 Å². The van der Waals surface area contributed by atoms with Crippen LogP contribution < -0.4 is 10.1 Å². The van der Waals surface area contributed by atoms with Crippen LogP contribution in [-0.4, -0.2) is 28.5 Å². The third kappa shape index (κ3) is 5.91. The average Bonchev–Trinajstić information content (AvgIpc) is 3.23. The molecular formula is C33H31N3O3. The molecule has 0 unspecified atom stereocenters. The zero-order valence-electron chi connectivity index (χ0n) is 22.4.